The van der Waals surface area contributed by atoms with E-state index in [1.807, 2.05) is 0 Å². The molecular weight excluding hydrogens is 406 g/mol. The molecule has 9 nitrogen and oxygen atoms in total. The Balaban J connectivity index is 2.28. The number of carbonyl (C=O) groups is 3. The van der Waals surface area contributed by atoms with E-state index in [2.05, 4.69) is 26.1 Å². The Bertz CT molecular complexity index is 637. The molecule has 2 N–H and O–H groups in total. The number of aliphatic hydroxyl groups is 1. The van der Waals surface area contributed by atoms with E-state index in [1.54, 1.807) is 0 Å². The van der Waals surface area contributed by atoms with Gasteiger partial charge in [0, 0.05) is 20.8 Å². The molecular formula is C22H37NO8. The minimum absolute atomic E-state index is 0.114. The highest BCUT2D eigenvalue weighted by Gasteiger charge is 2.50. The van der Waals surface area contributed by atoms with Crippen LogP contribution in [0.4, 0.5) is 0 Å². The molecule has 2 rings (SSSR count). The standard InChI is InChI=1S/C22H37NO8/c1-11(2)16-8-7-12(3)9-17(16)30-22-19(23-13(4)24)20(27)21(29-15(6)26)18(31-22)10-28-14(5)25/h11-12,16-22,27H,7-10H2,1-6H3,(H,23,24)/t12-,16+,17-,18-,19+,20-,21-,22+/m1/s1. The van der Waals surface area contributed by atoms with Crippen LogP contribution in [0.2, 0.25) is 0 Å². The van der Waals surface area contributed by atoms with Gasteiger partial charge in [0.2, 0.25) is 5.91 Å². The van der Waals surface area contributed by atoms with Crippen molar-refractivity contribution in [3.63, 3.8) is 0 Å². The topological polar surface area (TPSA) is 120 Å². The number of rotatable bonds is 7. The van der Waals surface area contributed by atoms with Crippen molar-refractivity contribution in [2.75, 3.05) is 6.61 Å². The fraction of sp³-hybridized carbons (Fsp3) is 0.864. The van der Waals surface area contributed by atoms with E-state index in [0.29, 0.717) is 17.8 Å². The Kier molecular flexibility index (Phi) is 9.27. The number of aliphatic hydroxyl groups excluding tert-OH is 1. The molecule has 0 aromatic rings. The summed E-state index contributed by atoms with van der Waals surface area (Å²) in [6, 6.07) is -0.944. The van der Waals surface area contributed by atoms with Crippen LogP contribution in [0.3, 0.4) is 0 Å². The zero-order chi connectivity index (χ0) is 23.3. The maximum atomic E-state index is 11.8. The molecule has 0 spiro atoms. The van der Waals surface area contributed by atoms with Crippen LogP contribution in [-0.4, -0.2) is 66.3 Å². The molecule has 31 heavy (non-hydrogen) atoms. The third-order valence-corrected chi connectivity index (χ3v) is 6.07. The third-order valence-electron chi connectivity index (χ3n) is 6.07. The molecule has 178 valence electrons. The normalized spacial score (nSPS) is 36.0. The van der Waals surface area contributed by atoms with Crippen molar-refractivity contribution in [2.24, 2.45) is 17.8 Å². The summed E-state index contributed by atoms with van der Waals surface area (Å²) < 4.78 is 22.7. The Hall–Kier alpha value is -1.71. The molecule has 1 saturated carbocycles. The molecule has 8 atom stereocenters. The number of carbonyl (C=O) groups excluding carboxylic acids is 3. The molecule has 2 fully saturated rings. The predicted molar refractivity (Wildman–Crippen MR) is 111 cm³/mol. The zero-order valence-electron chi connectivity index (χ0n) is 19.3. The van der Waals surface area contributed by atoms with Crippen molar-refractivity contribution in [2.45, 2.75) is 97.6 Å². The van der Waals surface area contributed by atoms with Crippen LogP contribution in [0.5, 0.6) is 0 Å². The molecule has 0 aromatic carbocycles. The summed E-state index contributed by atoms with van der Waals surface area (Å²) >= 11 is 0. The van der Waals surface area contributed by atoms with Gasteiger partial charge in [-0.05, 0) is 30.6 Å². The molecule has 1 amide bonds. The number of ether oxygens (including phenoxy) is 4. The van der Waals surface area contributed by atoms with Crippen LogP contribution in [0.15, 0.2) is 0 Å². The number of esters is 2. The SMILES string of the molecule is CC(=O)N[C@@H]1[C@@H](O[C@@H]2C[C@H](C)CC[C@H]2C(C)C)O[C@H](COC(C)=O)[C@@H](OC(C)=O)[C@@H]1O. The molecule has 1 aliphatic heterocycles. The number of amides is 1. The van der Waals surface area contributed by atoms with Crippen molar-refractivity contribution in [1.82, 2.24) is 5.32 Å². The maximum absolute atomic E-state index is 11.8. The van der Waals surface area contributed by atoms with Crippen LogP contribution >= 0.6 is 0 Å². The van der Waals surface area contributed by atoms with E-state index < -0.39 is 42.6 Å². The van der Waals surface area contributed by atoms with Crippen molar-refractivity contribution in [3.8, 4) is 0 Å². The second-order valence-corrected chi connectivity index (χ2v) is 9.14. The summed E-state index contributed by atoms with van der Waals surface area (Å²) in [5, 5.41) is 13.7. The van der Waals surface area contributed by atoms with Crippen molar-refractivity contribution in [1.29, 1.82) is 0 Å². The van der Waals surface area contributed by atoms with E-state index in [0.717, 1.165) is 19.3 Å². The van der Waals surface area contributed by atoms with Crippen LogP contribution in [-0.2, 0) is 33.3 Å². The van der Waals surface area contributed by atoms with Gasteiger partial charge in [-0.3, -0.25) is 14.4 Å². The molecule has 1 aliphatic carbocycles. The Morgan fingerprint density at radius 3 is 2.35 bits per heavy atom. The predicted octanol–water partition coefficient (Wildman–Crippen LogP) is 1.55. The van der Waals surface area contributed by atoms with Crippen molar-refractivity contribution < 1.29 is 38.4 Å². The fourth-order valence-electron chi connectivity index (χ4n) is 4.54. The maximum Gasteiger partial charge on any atom is 0.303 e. The highest BCUT2D eigenvalue weighted by Crippen LogP contribution is 2.37. The highest BCUT2D eigenvalue weighted by atomic mass is 16.7. The second-order valence-electron chi connectivity index (χ2n) is 9.14. The summed E-state index contributed by atoms with van der Waals surface area (Å²) in [6.07, 6.45) is -1.47. The molecule has 0 unspecified atom stereocenters. The number of hydrogen-bond acceptors (Lipinski definition) is 8. The first-order chi connectivity index (χ1) is 14.5. The lowest BCUT2D eigenvalue weighted by atomic mass is 9.75. The zero-order valence-corrected chi connectivity index (χ0v) is 19.3. The number of nitrogens with one attached hydrogen (secondary N) is 1. The van der Waals surface area contributed by atoms with Gasteiger partial charge in [-0.15, -0.1) is 0 Å². The second kappa shape index (κ2) is 11.2. The van der Waals surface area contributed by atoms with Crippen LogP contribution in [0.1, 0.15) is 60.8 Å². The lowest BCUT2D eigenvalue weighted by molar-refractivity contribution is -0.293. The van der Waals surface area contributed by atoms with E-state index in [9.17, 15) is 19.5 Å². The summed E-state index contributed by atoms with van der Waals surface area (Å²) in [6.45, 7) is 10.1. The summed E-state index contributed by atoms with van der Waals surface area (Å²) in [5.41, 5.74) is 0. The summed E-state index contributed by atoms with van der Waals surface area (Å²) in [4.78, 5) is 34.8. The molecule has 0 aromatic heterocycles. The Morgan fingerprint density at radius 1 is 1.13 bits per heavy atom. The summed E-state index contributed by atoms with van der Waals surface area (Å²) in [7, 11) is 0. The van der Waals surface area contributed by atoms with Crippen molar-refractivity contribution in [3.05, 3.63) is 0 Å². The van der Waals surface area contributed by atoms with Crippen LogP contribution in [0.25, 0.3) is 0 Å². The first-order valence-corrected chi connectivity index (χ1v) is 11.1. The van der Waals surface area contributed by atoms with Gasteiger partial charge in [0.05, 0.1) is 6.10 Å². The van der Waals surface area contributed by atoms with E-state index in [4.69, 9.17) is 18.9 Å². The molecule has 2 aliphatic rings. The average Bonchev–Trinajstić information content (AvgIpc) is 2.64. The monoisotopic (exact) mass is 443 g/mol. The van der Waals surface area contributed by atoms with Gasteiger partial charge < -0.3 is 29.4 Å². The highest BCUT2D eigenvalue weighted by molar-refractivity contribution is 5.73. The van der Waals surface area contributed by atoms with Gasteiger partial charge in [0.15, 0.2) is 12.4 Å². The fourth-order valence-corrected chi connectivity index (χ4v) is 4.54. The van der Waals surface area contributed by atoms with E-state index >= 15 is 0 Å². The first-order valence-electron chi connectivity index (χ1n) is 11.1. The Labute approximate surface area is 184 Å². The molecule has 1 heterocycles. The van der Waals surface area contributed by atoms with Gasteiger partial charge in [0.25, 0.3) is 0 Å². The van der Waals surface area contributed by atoms with E-state index in [-0.39, 0.29) is 18.6 Å². The van der Waals surface area contributed by atoms with Gasteiger partial charge in [0.1, 0.15) is 24.9 Å². The molecule has 0 radical (unpaired) electrons. The van der Waals surface area contributed by atoms with E-state index in [1.165, 1.54) is 20.8 Å². The van der Waals surface area contributed by atoms with Gasteiger partial charge in [-0.25, -0.2) is 0 Å². The first kappa shape index (κ1) is 25.5. The minimum Gasteiger partial charge on any atom is -0.463 e. The van der Waals surface area contributed by atoms with Gasteiger partial charge in [-0.1, -0.05) is 27.2 Å². The van der Waals surface area contributed by atoms with Gasteiger partial charge in [-0.2, -0.15) is 0 Å². The minimum atomic E-state index is -1.30. The number of hydrogen-bond donors (Lipinski definition) is 2. The third kappa shape index (κ3) is 7.15. The van der Waals surface area contributed by atoms with Crippen molar-refractivity contribution >= 4 is 17.8 Å². The molecule has 1 saturated heterocycles. The average molecular weight is 444 g/mol. The molecule has 0 bridgehead atoms. The lowest BCUT2D eigenvalue weighted by Crippen LogP contribution is -2.66. The van der Waals surface area contributed by atoms with Gasteiger partial charge >= 0.3 is 11.9 Å². The van der Waals surface area contributed by atoms with Crippen LogP contribution in [0, 0.1) is 17.8 Å². The van der Waals surface area contributed by atoms with Crippen LogP contribution < -0.4 is 5.32 Å². The Morgan fingerprint density at radius 2 is 1.81 bits per heavy atom. The molecule has 9 heteroatoms. The summed E-state index contributed by atoms with van der Waals surface area (Å²) in [5.74, 6) is -0.328. The smallest absolute Gasteiger partial charge is 0.303 e. The largest absolute Gasteiger partial charge is 0.463 e. The lowest BCUT2D eigenvalue weighted by Gasteiger charge is -2.46. The quantitative estimate of drug-likeness (QED) is 0.569.